The highest BCUT2D eigenvalue weighted by molar-refractivity contribution is 7.86. The summed E-state index contributed by atoms with van der Waals surface area (Å²) in [5.41, 5.74) is 0. The molecule has 0 radical (unpaired) electrons. The van der Waals surface area contributed by atoms with Crippen molar-refractivity contribution < 1.29 is 8.42 Å². The van der Waals surface area contributed by atoms with Gasteiger partial charge in [0.25, 0.3) is 10.2 Å². The quantitative estimate of drug-likeness (QED) is 0.620. The monoisotopic (exact) mass is 214 g/mol. The van der Waals surface area contributed by atoms with Crippen LogP contribution in [0.2, 0.25) is 0 Å². The highest BCUT2D eigenvalue weighted by Crippen LogP contribution is 2.03. The predicted octanol–water partition coefficient (Wildman–Crippen LogP) is 0.353. The molecular formula is C6H15ClN2O2S. The topological polar surface area (TPSA) is 40.6 Å². The van der Waals surface area contributed by atoms with Gasteiger partial charge in [-0.05, 0) is 0 Å². The molecule has 0 atom stereocenters. The summed E-state index contributed by atoms with van der Waals surface area (Å²) in [7, 11) is -0.257. The van der Waals surface area contributed by atoms with Crippen molar-refractivity contribution in [2.75, 3.05) is 33.1 Å². The number of hydrogen-bond acceptors (Lipinski definition) is 2. The number of rotatable bonds is 5. The van der Waals surface area contributed by atoms with E-state index >= 15 is 0 Å². The van der Waals surface area contributed by atoms with Crippen LogP contribution in [-0.4, -0.2) is 50.1 Å². The minimum atomic E-state index is -3.27. The zero-order chi connectivity index (χ0) is 9.78. The Labute approximate surface area is 79.3 Å². The minimum Gasteiger partial charge on any atom is -0.195 e. The summed E-state index contributed by atoms with van der Waals surface area (Å²) < 4.78 is 25.4. The maximum Gasteiger partial charge on any atom is 0.281 e. The second-order valence-corrected chi connectivity index (χ2v) is 4.99. The molecule has 0 aromatic carbocycles. The lowest BCUT2D eigenvalue weighted by Crippen LogP contribution is -2.40. The first-order chi connectivity index (χ1) is 5.46. The van der Waals surface area contributed by atoms with Crippen molar-refractivity contribution in [2.45, 2.75) is 6.92 Å². The van der Waals surface area contributed by atoms with Gasteiger partial charge in [-0.15, -0.1) is 11.6 Å². The summed E-state index contributed by atoms with van der Waals surface area (Å²) in [4.78, 5) is 0. The van der Waals surface area contributed by atoms with Gasteiger partial charge >= 0.3 is 0 Å². The number of halogens is 1. The van der Waals surface area contributed by atoms with Gasteiger partial charge in [-0.3, -0.25) is 0 Å². The summed E-state index contributed by atoms with van der Waals surface area (Å²) in [5.74, 6) is 0.320. The molecule has 0 aliphatic heterocycles. The van der Waals surface area contributed by atoms with Crippen molar-refractivity contribution in [3.8, 4) is 0 Å². The highest BCUT2D eigenvalue weighted by atomic mass is 35.5. The normalized spacial score (nSPS) is 12.8. The van der Waals surface area contributed by atoms with Crippen molar-refractivity contribution >= 4 is 21.8 Å². The van der Waals surface area contributed by atoms with Crippen molar-refractivity contribution in [3.05, 3.63) is 0 Å². The first-order valence-electron chi connectivity index (χ1n) is 3.70. The van der Waals surface area contributed by atoms with Crippen LogP contribution in [0.3, 0.4) is 0 Å². The van der Waals surface area contributed by atoms with E-state index in [4.69, 9.17) is 11.6 Å². The standard InChI is InChI=1S/C6H15ClN2O2S/c1-4-9(6-5-7)12(10,11)8(2)3/h4-6H2,1-3H3. The summed E-state index contributed by atoms with van der Waals surface area (Å²) >= 11 is 5.46. The van der Waals surface area contributed by atoms with Crippen LogP contribution in [0.4, 0.5) is 0 Å². The van der Waals surface area contributed by atoms with Gasteiger partial charge in [-0.1, -0.05) is 6.92 Å². The zero-order valence-corrected chi connectivity index (χ0v) is 9.19. The second-order valence-electron chi connectivity index (χ2n) is 2.47. The van der Waals surface area contributed by atoms with E-state index in [2.05, 4.69) is 0 Å². The van der Waals surface area contributed by atoms with Crippen molar-refractivity contribution in [3.63, 3.8) is 0 Å². The maximum absolute atomic E-state index is 11.4. The number of hydrogen-bond donors (Lipinski definition) is 0. The van der Waals surface area contributed by atoms with Crippen LogP contribution in [0.15, 0.2) is 0 Å². The molecule has 0 amide bonds. The molecule has 0 aliphatic carbocycles. The average molecular weight is 215 g/mol. The molecule has 0 heterocycles. The fraction of sp³-hybridized carbons (Fsp3) is 1.00. The van der Waals surface area contributed by atoms with Crippen LogP contribution < -0.4 is 0 Å². The first-order valence-corrected chi connectivity index (χ1v) is 5.63. The van der Waals surface area contributed by atoms with Crippen LogP contribution >= 0.6 is 11.6 Å². The molecule has 0 saturated carbocycles. The molecule has 12 heavy (non-hydrogen) atoms. The second kappa shape index (κ2) is 5.01. The van der Waals surface area contributed by atoms with Gasteiger partial charge in [-0.2, -0.15) is 17.0 Å². The van der Waals surface area contributed by atoms with E-state index in [-0.39, 0.29) is 0 Å². The molecule has 0 N–H and O–H groups in total. The zero-order valence-electron chi connectivity index (χ0n) is 7.62. The van der Waals surface area contributed by atoms with Crippen LogP contribution in [-0.2, 0) is 10.2 Å². The molecule has 4 nitrogen and oxygen atoms in total. The number of nitrogens with zero attached hydrogens (tertiary/aromatic N) is 2. The Balaban J connectivity index is 4.49. The Morgan fingerprint density at radius 1 is 1.33 bits per heavy atom. The van der Waals surface area contributed by atoms with E-state index in [0.29, 0.717) is 19.0 Å². The SMILES string of the molecule is CCN(CCCl)S(=O)(=O)N(C)C. The van der Waals surface area contributed by atoms with Crippen molar-refractivity contribution in [1.29, 1.82) is 0 Å². The molecule has 74 valence electrons. The smallest absolute Gasteiger partial charge is 0.195 e. The summed E-state index contributed by atoms with van der Waals surface area (Å²) in [6.07, 6.45) is 0. The lowest BCUT2D eigenvalue weighted by atomic mass is 10.7. The minimum absolute atomic E-state index is 0.320. The largest absolute Gasteiger partial charge is 0.281 e. The first kappa shape index (κ1) is 12.2. The molecule has 0 aromatic heterocycles. The van der Waals surface area contributed by atoms with Crippen LogP contribution in [0.1, 0.15) is 6.92 Å². The summed E-state index contributed by atoms with van der Waals surface area (Å²) in [6, 6.07) is 0. The molecule has 0 saturated heterocycles. The molecule has 0 unspecified atom stereocenters. The fourth-order valence-electron chi connectivity index (χ4n) is 0.762. The van der Waals surface area contributed by atoms with E-state index in [1.807, 2.05) is 0 Å². The Morgan fingerprint density at radius 3 is 2.08 bits per heavy atom. The van der Waals surface area contributed by atoms with Gasteiger partial charge in [0, 0.05) is 33.1 Å². The fourth-order valence-corrected chi connectivity index (χ4v) is 2.18. The number of alkyl halides is 1. The third-order valence-electron chi connectivity index (χ3n) is 1.47. The van der Waals surface area contributed by atoms with Gasteiger partial charge in [0.2, 0.25) is 0 Å². The van der Waals surface area contributed by atoms with Crippen LogP contribution in [0, 0.1) is 0 Å². The third kappa shape index (κ3) is 2.90. The predicted molar refractivity (Wildman–Crippen MR) is 50.6 cm³/mol. The van der Waals surface area contributed by atoms with E-state index in [1.54, 1.807) is 6.92 Å². The van der Waals surface area contributed by atoms with E-state index in [0.717, 1.165) is 0 Å². The van der Waals surface area contributed by atoms with Crippen molar-refractivity contribution in [2.24, 2.45) is 0 Å². The lowest BCUT2D eigenvalue weighted by molar-refractivity contribution is 0.400. The average Bonchev–Trinajstić information content (AvgIpc) is 1.99. The summed E-state index contributed by atoms with van der Waals surface area (Å²) in [5, 5.41) is 0. The Bertz CT molecular complexity index is 216. The molecule has 6 heteroatoms. The van der Waals surface area contributed by atoms with E-state index in [1.165, 1.54) is 22.7 Å². The maximum atomic E-state index is 11.4. The van der Waals surface area contributed by atoms with Gasteiger partial charge in [-0.25, -0.2) is 0 Å². The third-order valence-corrected chi connectivity index (χ3v) is 3.66. The molecule has 0 aromatic rings. The Kier molecular flexibility index (Phi) is 5.08. The molecule has 0 fully saturated rings. The van der Waals surface area contributed by atoms with Gasteiger partial charge in [0.05, 0.1) is 0 Å². The molecule has 0 aliphatic rings. The van der Waals surface area contributed by atoms with Gasteiger partial charge in [0.1, 0.15) is 0 Å². The lowest BCUT2D eigenvalue weighted by Gasteiger charge is -2.22. The molecule has 0 bridgehead atoms. The Morgan fingerprint density at radius 2 is 1.83 bits per heavy atom. The van der Waals surface area contributed by atoms with Gasteiger partial charge < -0.3 is 0 Å². The van der Waals surface area contributed by atoms with Crippen molar-refractivity contribution in [1.82, 2.24) is 8.61 Å². The Hall–Kier alpha value is 0.160. The highest BCUT2D eigenvalue weighted by Gasteiger charge is 2.21. The van der Waals surface area contributed by atoms with E-state index in [9.17, 15) is 8.42 Å². The van der Waals surface area contributed by atoms with Crippen LogP contribution in [0.5, 0.6) is 0 Å². The molecule has 0 rings (SSSR count). The molecule has 0 spiro atoms. The van der Waals surface area contributed by atoms with E-state index < -0.39 is 10.2 Å². The van der Waals surface area contributed by atoms with Crippen LogP contribution in [0.25, 0.3) is 0 Å². The summed E-state index contributed by atoms with van der Waals surface area (Å²) in [6.45, 7) is 2.60. The molecular weight excluding hydrogens is 200 g/mol. The van der Waals surface area contributed by atoms with Gasteiger partial charge in [0.15, 0.2) is 0 Å².